The predicted molar refractivity (Wildman–Crippen MR) is 83.4 cm³/mol. The first-order chi connectivity index (χ1) is 9.13. The molecule has 1 aliphatic heterocycles. The fourth-order valence-electron chi connectivity index (χ4n) is 2.66. The molecule has 2 unspecified atom stereocenters. The zero-order valence-corrected chi connectivity index (χ0v) is 13.7. The maximum absolute atomic E-state index is 6.05. The number of nitrogens with zero attached hydrogens (tertiary/aromatic N) is 1. The van der Waals surface area contributed by atoms with Crippen LogP contribution in [0.3, 0.4) is 0 Å². The molecule has 0 radical (unpaired) electrons. The largest absolute Gasteiger partial charge is 0.372 e. The van der Waals surface area contributed by atoms with E-state index in [1.54, 1.807) is 0 Å². The number of hydrogen-bond donors (Lipinski definition) is 0. The summed E-state index contributed by atoms with van der Waals surface area (Å²) in [5.41, 5.74) is 2.69. The summed E-state index contributed by atoms with van der Waals surface area (Å²) in [6.07, 6.45) is 2.98. The van der Waals surface area contributed by atoms with Gasteiger partial charge in [0.05, 0.1) is 12.2 Å². The number of benzene rings is 1. The standard InChI is InChI=1S/C16H24BrNO/c1-4-14-10-18(11-15(5-2)19-14)9-13-8-6-7-12(3)16(13)17/h6-8,14-15H,4-5,9-11H2,1-3H3. The molecular weight excluding hydrogens is 302 g/mol. The molecule has 2 rings (SSSR count). The fourth-order valence-corrected chi connectivity index (χ4v) is 3.05. The first kappa shape index (κ1) is 15.0. The molecular formula is C16H24BrNO. The van der Waals surface area contributed by atoms with Gasteiger partial charge in [0.25, 0.3) is 0 Å². The molecule has 2 nitrogen and oxygen atoms in total. The van der Waals surface area contributed by atoms with Crippen molar-refractivity contribution in [1.82, 2.24) is 4.90 Å². The van der Waals surface area contributed by atoms with Crippen molar-refractivity contribution in [3.63, 3.8) is 0 Å². The van der Waals surface area contributed by atoms with Gasteiger partial charge in [-0.25, -0.2) is 0 Å². The summed E-state index contributed by atoms with van der Waals surface area (Å²) in [6, 6.07) is 6.51. The monoisotopic (exact) mass is 325 g/mol. The van der Waals surface area contributed by atoms with Crippen molar-refractivity contribution in [2.45, 2.75) is 52.4 Å². The highest BCUT2D eigenvalue weighted by molar-refractivity contribution is 9.10. The number of hydrogen-bond acceptors (Lipinski definition) is 2. The first-order valence-corrected chi connectivity index (χ1v) is 8.05. The second-order valence-electron chi connectivity index (χ2n) is 5.44. The van der Waals surface area contributed by atoms with Gasteiger partial charge in [0, 0.05) is 24.1 Å². The second-order valence-corrected chi connectivity index (χ2v) is 6.23. The normalized spacial score (nSPS) is 24.6. The van der Waals surface area contributed by atoms with Crippen LogP contribution in [0.1, 0.15) is 37.8 Å². The smallest absolute Gasteiger partial charge is 0.0703 e. The molecule has 1 aromatic carbocycles. The molecule has 3 heteroatoms. The van der Waals surface area contributed by atoms with Crippen LogP contribution in [0.15, 0.2) is 22.7 Å². The van der Waals surface area contributed by atoms with E-state index in [0.29, 0.717) is 12.2 Å². The van der Waals surface area contributed by atoms with Crippen molar-refractivity contribution in [3.8, 4) is 0 Å². The van der Waals surface area contributed by atoms with Gasteiger partial charge in [-0.2, -0.15) is 0 Å². The summed E-state index contributed by atoms with van der Waals surface area (Å²) in [5.74, 6) is 0. The van der Waals surface area contributed by atoms with Crippen molar-refractivity contribution < 1.29 is 4.74 Å². The lowest BCUT2D eigenvalue weighted by atomic mass is 10.1. The number of halogens is 1. The van der Waals surface area contributed by atoms with Gasteiger partial charge in [-0.05, 0) is 30.9 Å². The van der Waals surface area contributed by atoms with Gasteiger partial charge >= 0.3 is 0 Å². The van der Waals surface area contributed by atoms with Crippen molar-refractivity contribution in [2.24, 2.45) is 0 Å². The van der Waals surface area contributed by atoms with Crippen molar-refractivity contribution in [2.75, 3.05) is 13.1 Å². The molecule has 1 heterocycles. The maximum atomic E-state index is 6.05. The van der Waals surface area contributed by atoms with Crippen molar-refractivity contribution in [1.29, 1.82) is 0 Å². The lowest BCUT2D eigenvalue weighted by molar-refractivity contribution is -0.0893. The zero-order valence-electron chi connectivity index (χ0n) is 12.2. The third-order valence-corrected chi connectivity index (χ3v) is 5.02. The Balaban J connectivity index is 2.07. The Morgan fingerprint density at radius 3 is 2.42 bits per heavy atom. The summed E-state index contributed by atoms with van der Waals surface area (Å²) in [7, 11) is 0. The highest BCUT2D eigenvalue weighted by Crippen LogP contribution is 2.24. The van der Waals surface area contributed by atoms with E-state index in [1.807, 2.05) is 0 Å². The second kappa shape index (κ2) is 6.87. The quantitative estimate of drug-likeness (QED) is 0.824. The average Bonchev–Trinajstić information content (AvgIpc) is 2.43. The van der Waals surface area contributed by atoms with Crippen LogP contribution in [-0.4, -0.2) is 30.2 Å². The van der Waals surface area contributed by atoms with E-state index in [-0.39, 0.29) is 0 Å². The molecule has 0 bridgehead atoms. The molecule has 1 saturated heterocycles. The maximum Gasteiger partial charge on any atom is 0.0703 e. The molecule has 1 fully saturated rings. The average molecular weight is 326 g/mol. The summed E-state index contributed by atoms with van der Waals surface area (Å²) in [6.45, 7) is 9.68. The minimum absolute atomic E-state index is 0.391. The Morgan fingerprint density at radius 2 is 1.84 bits per heavy atom. The Hall–Kier alpha value is -0.380. The van der Waals surface area contributed by atoms with E-state index in [0.717, 1.165) is 32.5 Å². The summed E-state index contributed by atoms with van der Waals surface area (Å²) in [5, 5.41) is 0. The predicted octanol–water partition coefficient (Wildman–Crippen LogP) is 4.15. The third-order valence-electron chi connectivity index (χ3n) is 3.88. The molecule has 19 heavy (non-hydrogen) atoms. The van der Waals surface area contributed by atoms with E-state index in [4.69, 9.17) is 4.74 Å². The molecule has 1 aliphatic rings. The van der Waals surface area contributed by atoms with Gasteiger partial charge in [-0.1, -0.05) is 48.0 Å². The lowest BCUT2D eigenvalue weighted by Crippen LogP contribution is -2.46. The molecule has 0 spiro atoms. The number of morpholine rings is 1. The van der Waals surface area contributed by atoms with Crippen LogP contribution in [0.4, 0.5) is 0 Å². The Labute approximate surface area is 125 Å². The van der Waals surface area contributed by atoms with Gasteiger partial charge in [0.1, 0.15) is 0 Å². The Morgan fingerprint density at radius 1 is 1.21 bits per heavy atom. The topological polar surface area (TPSA) is 12.5 Å². The van der Waals surface area contributed by atoms with Crippen LogP contribution < -0.4 is 0 Å². The highest BCUT2D eigenvalue weighted by Gasteiger charge is 2.25. The first-order valence-electron chi connectivity index (χ1n) is 7.25. The van der Waals surface area contributed by atoms with E-state index >= 15 is 0 Å². The summed E-state index contributed by atoms with van der Waals surface area (Å²) < 4.78 is 7.31. The van der Waals surface area contributed by atoms with Gasteiger partial charge in [-0.3, -0.25) is 4.90 Å². The number of rotatable bonds is 4. The molecule has 0 amide bonds. The fraction of sp³-hybridized carbons (Fsp3) is 0.625. The van der Waals surface area contributed by atoms with Gasteiger partial charge in [-0.15, -0.1) is 0 Å². The Bertz CT molecular complexity index is 409. The van der Waals surface area contributed by atoms with Crippen LogP contribution >= 0.6 is 15.9 Å². The number of ether oxygens (including phenoxy) is 1. The van der Waals surface area contributed by atoms with Gasteiger partial charge in [0.15, 0.2) is 0 Å². The third kappa shape index (κ3) is 3.80. The molecule has 0 saturated carbocycles. The molecule has 2 atom stereocenters. The van der Waals surface area contributed by atoms with Crippen LogP contribution in [0.2, 0.25) is 0 Å². The number of aryl methyl sites for hydroxylation is 1. The molecule has 1 aromatic rings. The van der Waals surface area contributed by atoms with Crippen LogP contribution in [-0.2, 0) is 11.3 Å². The van der Waals surface area contributed by atoms with Gasteiger partial charge < -0.3 is 4.74 Å². The zero-order chi connectivity index (χ0) is 13.8. The van der Waals surface area contributed by atoms with E-state index in [2.05, 4.69) is 59.8 Å². The van der Waals surface area contributed by atoms with Crippen molar-refractivity contribution >= 4 is 15.9 Å². The summed E-state index contributed by atoms with van der Waals surface area (Å²) >= 11 is 3.71. The van der Waals surface area contributed by atoms with E-state index in [9.17, 15) is 0 Å². The Kier molecular flexibility index (Phi) is 5.43. The van der Waals surface area contributed by atoms with Crippen molar-refractivity contribution in [3.05, 3.63) is 33.8 Å². The minimum atomic E-state index is 0.391. The SMILES string of the molecule is CCC1CN(Cc2cccc(C)c2Br)CC(CC)O1. The lowest BCUT2D eigenvalue weighted by Gasteiger charge is -2.37. The van der Waals surface area contributed by atoms with E-state index in [1.165, 1.54) is 15.6 Å². The van der Waals surface area contributed by atoms with Gasteiger partial charge in [0.2, 0.25) is 0 Å². The highest BCUT2D eigenvalue weighted by atomic mass is 79.9. The molecule has 0 aliphatic carbocycles. The van der Waals surface area contributed by atoms with Crippen LogP contribution in [0.25, 0.3) is 0 Å². The van der Waals surface area contributed by atoms with E-state index < -0.39 is 0 Å². The molecule has 0 aromatic heterocycles. The van der Waals surface area contributed by atoms with Crippen LogP contribution in [0.5, 0.6) is 0 Å². The van der Waals surface area contributed by atoms with Crippen LogP contribution in [0, 0.1) is 6.92 Å². The molecule has 106 valence electrons. The summed E-state index contributed by atoms with van der Waals surface area (Å²) in [4.78, 5) is 2.53. The molecule has 0 N–H and O–H groups in total. The minimum Gasteiger partial charge on any atom is -0.372 e.